The predicted octanol–water partition coefficient (Wildman–Crippen LogP) is 3.80. The van der Waals surface area contributed by atoms with E-state index in [1.165, 1.54) is 6.42 Å². The van der Waals surface area contributed by atoms with Crippen molar-refractivity contribution < 1.29 is 9.84 Å². The van der Waals surface area contributed by atoms with Crippen molar-refractivity contribution in [2.45, 2.75) is 46.6 Å². The fourth-order valence-electron chi connectivity index (χ4n) is 3.65. The van der Waals surface area contributed by atoms with Crippen molar-refractivity contribution in [1.82, 2.24) is 4.90 Å². The van der Waals surface area contributed by atoms with Crippen molar-refractivity contribution in [3.63, 3.8) is 0 Å². The van der Waals surface area contributed by atoms with Crippen LogP contribution in [0.15, 0.2) is 18.2 Å². The predicted molar refractivity (Wildman–Crippen MR) is 91.3 cm³/mol. The fourth-order valence-corrected chi connectivity index (χ4v) is 3.65. The number of aryl methyl sites for hydroxylation is 1. The molecule has 0 aromatic heterocycles. The summed E-state index contributed by atoms with van der Waals surface area (Å²) in [4.78, 5) is 2.50. The zero-order valence-corrected chi connectivity index (χ0v) is 14.5. The van der Waals surface area contributed by atoms with Crippen LogP contribution in [-0.4, -0.2) is 36.2 Å². The molecule has 0 bridgehead atoms. The lowest BCUT2D eigenvalue weighted by Crippen LogP contribution is -2.39. The summed E-state index contributed by atoms with van der Waals surface area (Å²) >= 11 is 0. The number of nitrogens with zero attached hydrogens (tertiary/aromatic N) is 1. The molecular weight excluding hydrogens is 274 g/mol. The highest BCUT2D eigenvalue weighted by Gasteiger charge is 2.23. The van der Waals surface area contributed by atoms with E-state index in [-0.39, 0.29) is 0 Å². The number of piperidine rings is 1. The summed E-state index contributed by atoms with van der Waals surface area (Å²) in [5, 5.41) is 10.6. The molecule has 124 valence electrons. The lowest BCUT2D eigenvalue weighted by molar-refractivity contribution is 0.101. The Balaban J connectivity index is 1.97. The van der Waals surface area contributed by atoms with Crippen LogP contribution in [-0.2, 0) is 0 Å². The summed E-state index contributed by atoms with van der Waals surface area (Å²) in [6.45, 7) is 12.6. The number of likely N-dealkylation sites (tertiary alicyclic amines) is 1. The average molecular weight is 305 g/mol. The van der Waals surface area contributed by atoms with Gasteiger partial charge in [0.25, 0.3) is 0 Å². The van der Waals surface area contributed by atoms with Gasteiger partial charge in [0.2, 0.25) is 0 Å². The van der Waals surface area contributed by atoms with Gasteiger partial charge in [0.1, 0.15) is 5.75 Å². The summed E-state index contributed by atoms with van der Waals surface area (Å²) in [6, 6.07) is 6.06. The molecule has 1 aromatic rings. The van der Waals surface area contributed by atoms with Gasteiger partial charge >= 0.3 is 0 Å². The highest BCUT2D eigenvalue weighted by atomic mass is 16.5. The van der Waals surface area contributed by atoms with Gasteiger partial charge in [-0.2, -0.15) is 0 Å². The van der Waals surface area contributed by atoms with E-state index in [0.717, 1.165) is 54.8 Å². The number of rotatable bonds is 6. The Kier molecular flexibility index (Phi) is 6.27. The van der Waals surface area contributed by atoms with Gasteiger partial charge in [0.15, 0.2) is 0 Å². The molecule has 22 heavy (non-hydrogen) atoms. The van der Waals surface area contributed by atoms with Gasteiger partial charge < -0.3 is 14.7 Å². The van der Waals surface area contributed by atoms with Crippen LogP contribution >= 0.6 is 0 Å². The maximum absolute atomic E-state index is 10.6. The first-order valence-corrected chi connectivity index (χ1v) is 8.63. The quantitative estimate of drug-likeness (QED) is 0.868. The zero-order chi connectivity index (χ0) is 16.1. The van der Waals surface area contributed by atoms with Gasteiger partial charge in [-0.15, -0.1) is 0 Å². The molecule has 0 radical (unpaired) electrons. The third-order valence-corrected chi connectivity index (χ3v) is 4.49. The Morgan fingerprint density at radius 1 is 1.27 bits per heavy atom. The number of aliphatic hydroxyl groups is 1. The molecule has 0 saturated carbocycles. The SMILES string of the molecule is CCOc1ccc(C)cc1C(O)CCN1CC(C)CC(C)C1. The van der Waals surface area contributed by atoms with Crippen molar-refractivity contribution in [3.8, 4) is 5.75 Å². The summed E-state index contributed by atoms with van der Waals surface area (Å²) in [5.74, 6) is 2.35. The van der Waals surface area contributed by atoms with E-state index < -0.39 is 6.10 Å². The van der Waals surface area contributed by atoms with E-state index in [1.807, 2.05) is 19.1 Å². The van der Waals surface area contributed by atoms with E-state index in [4.69, 9.17) is 4.74 Å². The second kappa shape index (κ2) is 7.98. The van der Waals surface area contributed by atoms with Crippen LogP contribution < -0.4 is 4.74 Å². The van der Waals surface area contributed by atoms with Gasteiger partial charge in [-0.05, 0) is 50.7 Å². The minimum absolute atomic E-state index is 0.450. The first-order chi connectivity index (χ1) is 10.5. The van der Waals surface area contributed by atoms with Gasteiger partial charge in [0, 0.05) is 25.2 Å². The second-order valence-electron chi connectivity index (χ2n) is 6.98. The number of hydrogen-bond donors (Lipinski definition) is 1. The van der Waals surface area contributed by atoms with Gasteiger partial charge in [-0.3, -0.25) is 0 Å². The molecule has 0 amide bonds. The third-order valence-electron chi connectivity index (χ3n) is 4.49. The molecule has 2 rings (SSSR count). The summed E-state index contributed by atoms with van der Waals surface area (Å²) in [7, 11) is 0. The van der Waals surface area contributed by atoms with Crippen molar-refractivity contribution in [2.75, 3.05) is 26.2 Å². The molecule has 1 heterocycles. The zero-order valence-electron chi connectivity index (χ0n) is 14.5. The topological polar surface area (TPSA) is 32.7 Å². The van der Waals surface area contributed by atoms with Crippen LogP contribution in [0.2, 0.25) is 0 Å². The Morgan fingerprint density at radius 3 is 2.59 bits per heavy atom. The minimum Gasteiger partial charge on any atom is -0.493 e. The summed E-state index contributed by atoms with van der Waals surface area (Å²) < 4.78 is 5.67. The maximum Gasteiger partial charge on any atom is 0.125 e. The second-order valence-corrected chi connectivity index (χ2v) is 6.98. The summed E-state index contributed by atoms with van der Waals surface area (Å²) in [5.41, 5.74) is 2.10. The molecule has 1 aliphatic heterocycles. The Morgan fingerprint density at radius 2 is 1.95 bits per heavy atom. The Bertz CT molecular complexity index is 465. The molecule has 0 aliphatic carbocycles. The first-order valence-electron chi connectivity index (χ1n) is 8.63. The van der Waals surface area contributed by atoms with Crippen LogP contribution in [0.25, 0.3) is 0 Å². The molecule has 1 N–H and O–H groups in total. The third kappa shape index (κ3) is 4.72. The van der Waals surface area contributed by atoms with Crippen LogP contribution in [0.5, 0.6) is 5.75 Å². The summed E-state index contributed by atoms with van der Waals surface area (Å²) in [6.07, 6.45) is 1.64. The van der Waals surface area contributed by atoms with Gasteiger partial charge in [-0.1, -0.05) is 25.5 Å². The van der Waals surface area contributed by atoms with Crippen LogP contribution in [0.3, 0.4) is 0 Å². The van der Waals surface area contributed by atoms with Crippen LogP contribution in [0, 0.1) is 18.8 Å². The highest BCUT2D eigenvalue weighted by molar-refractivity contribution is 5.38. The van der Waals surface area contributed by atoms with Crippen molar-refractivity contribution in [2.24, 2.45) is 11.8 Å². The van der Waals surface area contributed by atoms with E-state index >= 15 is 0 Å². The molecule has 0 spiro atoms. The number of benzene rings is 1. The van der Waals surface area contributed by atoms with E-state index in [9.17, 15) is 5.11 Å². The lowest BCUT2D eigenvalue weighted by Gasteiger charge is -2.35. The van der Waals surface area contributed by atoms with Crippen molar-refractivity contribution in [1.29, 1.82) is 0 Å². The van der Waals surface area contributed by atoms with Gasteiger partial charge in [-0.25, -0.2) is 0 Å². The van der Waals surface area contributed by atoms with E-state index in [2.05, 4.69) is 31.7 Å². The Hall–Kier alpha value is -1.06. The first kappa shape index (κ1) is 17.3. The molecule has 3 nitrogen and oxygen atoms in total. The largest absolute Gasteiger partial charge is 0.493 e. The van der Waals surface area contributed by atoms with E-state index in [0.29, 0.717) is 6.61 Å². The molecule has 3 heteroatoms. The van der Waals surface area contributed by atoms with Gasteiger partial charge in [0.05, 0.1) is 12.7 Å². The number of ether oxygens (including phenoxy) is 1. The Labute approximate surface area is 135 Å². The smallest absolute Gasteiger partial charge is 0.125 e. The fraction of sp³-hybridized carbons (Fsp3) is 0.684. The normalized spacial score (nSPS) is 24.2. The molecule has 1 aliphatic rings. The molecule has 1 aromatic carbocycles. The molecule has 1 saturated heterocycles. The monoisotopic (exact) mass is 305 g/mol. The van der Waals surface area contributed by atoms with Crippen LogP contribution in [0.1, 0.15) is 50.8 Å². The molecule has 3 unspecified atom stereocenters. The standard InChI is InChI=1S/C19H31NO2/c1-5-22-19-7-6-14(2)11-17(19)18(21)8-9-20-12-15(3)10-16(4)13-20/h6-7,11,15-16,18,21H,5,8-10,12-13H2,1-4H3. The maximum atomic E-state index is 10.6. The average Bonchev–Trinajstić information content (AvgIpc) is 2.46. The molecule has 1 fully saturated rings. The van der Waals surface area contributed by atoms with Crippen molar-refractivity contribution in [3.05, 3.63) is 29.3 Å². The van der Waals surface area contributed by atoms with Crippen LogP contribution in [0.4, 0.5) is 0 Å². The lowest BCUT2D eigenvalue weighted by atomic mass is 9.91. The highest BCUT2D eigenvalue weighted by Crippen LogP contribution is 2.29. The number of hydrogen-bond acceptors (Lipinski definition) is 3. The minimum atomic E-state index is -0.450. The van der Waals surface area contributed by atoms with Crippen molar-refractivity contribution >= 4 is 0 Å². The molecule has 3 atom stereocenters. The number of aliphatic hydroxyl groups excluding tert-OH is 1. The molecular formula is C19H31NO2. The van der Waals surface area contributed by atoms with E-state index in [1.54, 1.807) is 0 Å².